The molecule has 0 aromatic carbocycles. The summed E-state index contributed by atoms with van der Waals surface area (Å²) < 4.78 is 82.9. The van der Waals surface area contributed by atoms with E-state index >= 15 is 0 Å². The Labute approximate surface area is 120 Å². The number of halogens is 6. The van der Waals surface area contributed by atoms with Crippen LogP contribution >= 0.6 is 0 Å². The minimum absolute atomic E-state index is 0.427. The molecule has 0 bridgehead atoms. The third-order valence-corrected chi connectivity index (χ3v) is 2.40. The molecule has 124 valence electrons. The highest BCUT2D eigenvalue weighted by atomic mass is 19.4. The zero-order chi connectivity index (χ0) is 17.1. The van der Waals surface area contributed by atoms with Crippen LogP contribution in [0.4, 0.5) is 26.3 Å². The zero-order valence-corrected chi connectivity index (χ0v) is 11.0. The van der Waals surface area contributed by atoms with Gasteiger partial charge in [0.2, 0.25) is 5.88 Å². The van der Waals surface area contributed by atoms with Crippen LogP contribution in [0.5, 0.6) is 5.88 Å². The highest BCUT2D eigenvalue weighted by Gasteiger charge is 2.39. The lowest BCUT2D eigenvalue weighted by Crippen LogP contribution is -2.23. The third-order valence-electron chi connectivity index (χ3n) is 2.40. The average molecular weight is 332 g/mol. The number of pyridine rings is 1. The van der Waals surface area contributed by atoms with Crippen LogP contribution in [-0.4, -0.2) is 24.4 Å². The van der Waals surface area contributed by atoms with Crippen LogP contribution in [0.1, 0.15) is 16.8 Å². The first kappa shape index (κ1) is 18.0. The number of hydrogen-bond donors (Lipinski definition) is 1. The lowest BCUT2D eigenvalue weighted by Gasteiger charge is -2.17. The summed E-state index contributed by atoms with van der Waals surface area (Å²) in [6.07, 6.45) is -11.1. The number of aromatic nitrogens is 1. The molecule has 0 radical (unpaired) electrons. The number of methoxy groups -OCH3 is 1. The average Bonchev–Trinajstić information content (AvgIpc) is 2.36. The highest BCUT2D eigenvalue weighted by Crippen LogP contribution is 2.35. The summed E-state index contributed by atoms with van der Waals surface area (Å²) in [5.41, 5.74) is 2.42. The predicted octanol–water partition coefficient (Wildman–Crippen LogP) is 2.17. The van der Waals surface area contributed by atoms with Gasteiger partial charge in [0, 0.05) is 12.1 Å². The van der Waals surface area contributed by atoms with Crippen LogP contribution < -0.4 is 10.5 Å². The number of carbonyl (C=O) groups excluding carboxylic acids is 1. The van der Waals surface area contributed by atoms with E-state index in [0.717, 1.165) is 7.11 Å². The van der Waals surface area contributed by atoms with Crippen LogP contribution in [-0.2, 0) is 28.7 Å². The Hall–Kier alpha value is -2.04. The van der Waals surface area contributed by atoms with Gasteiger partial charge in [-0.15, -0.1) is 13.2 Å². The number of alkyl halides is 6. The predicted molar refractivity (Wildman–Crippen MR) is 59.5 cm³/mol. The maximum atomic E-state index is 12.9. The molecule has 1 heterocycles. The number of esters is 1. The lowest BCUT2D eigenvalue weighted by molar-refractivity contribution is -0.276. The number of carbonyl (C=O) groups is 1. The summed E-state index contributed by atoms with van der Waals surface area (Å²) in [7, 11) is 0.952. The fraction of sp³-hybridized carbons (Fsp3) is 0.455. The van der Waals surface area contributed by atoms with E-state index in [0.29, 0.717) is 6.07 Å². The van der Waals surface area contributed by atoms with Crippen molar-refractivity contribution < 1.29 is 40.6 Å². The number of nitrogens with two attached hydrogens (primary N) is 1. The van der Waals surface area contributed by atoms with Crippen LogP contribution in [0.15, 0.2) is 6.07 Å². The maximum Gasteiger partial charge on any atom is 0.574 e. The van der Waals surface area contributed by atoms with Gasteiger partial charge in [-0.25, -0.2) is 4.98 Å². The standard InChI is InChI=1S/C11H10F6N2O3/c1-21-7(20)3-5-2-6(4-18)9(22-11(15,16)17)19-8(5)10(12,13)14/h2H,3-4,18H2,1H3. The van der Waals surface area contributed by atoms with Crippen molar-refractivity contribution in [2.24, 2.45) is 5.73 Å². The van der Waals surface area contributed by atoms with E-state index in [2.05, 4.69) is 14.5 Å². The van der Waals surface area contributed by atoms with Crippen molar-refractivity contribution in [2.75, 3.05) is 7.11 Å². The Balaban J connectivity index is 3.42. The third kappa shape index (κ3) is 4.76. The van der Waals surface area contributed by atoms with Gasteiger partial charge in [0.1, 0.15) is 0 Å². The van der Waals surface area contributed by atoms with Crippen molar-refractivity contribution >= 4 is 5.97 Å². The Morgan fingerprint density at radius 1 is 1.23 bits per heavy atom. The molecule has 2 N–H and O–H groups in total. The second-order valence-electron chi connectivity index (χ2n) is 3.96. The van der Waals surface area contributed by atoms with E-state index in [1.807, 2.05) is 0 Å². The first-order chi connectivity index (χ1) is 9.97. The Morgan fingerprint density at radius 2 is 1.82 bits per heavy atom. The van der Waals surface area contributed by atoms with E-state index in [1.165, 1.54) is 0 Å². The molecule has 0 spiro atoms. The molecule has 0 atom stereocenters. The van der Waals surface area contributed by atoms with Crippen molar-refractivity contribution in [1.29, 1.82) is 0 Å². The normalized spacial score (nSPS) is 12.2. The Morgan fingerprint density at radius 3 is 2.23 bits per heavy atom. The number of rotatable bonds is 4. The second kappa shape index (κ2) is 6.38. The van der Waals surface area contributed by atoms with Gasteiger partial charge in [-0.3, -0.25) is 4.79 Å². The Bertz CT molecular complexity index is 556. The van der Waals surface area contributed by atoms with E-state index in [4.69, 9.17) is 5.73 Å². The Kier molecular flexibility index (Phi) is 5.22. The van der Waals surface area contributed by atoms with Crippen LogP contribution in [0, 0.1) is 0 Å². The molecule has 1 aromatic rings. The van der Waals surface area contributed by atoms with E-state index in [9.17, 15) is 31.1 Å². The highest BCUT2D eigenvalue weighted by molar-refractivity contribution is 5.73. The van der Waals surface area contributed by atoms with E-state index in [-0.39, 0.29) is 0 Å². The molecule has 22 heavy (non-hydrogen) atoms. The molecule has 0 aliphatic heterocycles. The van der Waals surface area contributed by atoms with Crippen molar-refractivity contribution in [3.63, 3.8) is 0 Å². The molecule has 0 amide bonds. The van der Waals surface area contributed by atoms with Crippen molar-refractivity contribution in [2.45, 2.75) is 25.5 Å². The van der Waals surface area contributed by atoms with E-state index < -0.39 is 54.2 Å². The number of ether oxygens (including phenoxy) is 2. The topological polar surface area (TPSA) is 74.4 Å². The van der Waals surface area contributed by atoms with Crippen molar-refractivity contribution in [3.05, 3.63) is 22.9 Å². The molecule has 1 rings (SSSR count). The summed E-state index contributed by atoms with van der Waals surface area (Å²) in [5, 5.41) is 0. The minimum Gasteiger partial charge on any atom is -0.469 e. The minimum atomic E-state index is -5.23. The smallest absolute Gasteiger partial charge is 0.469 e. The van der Waals surface area contributed by atoms with Gasteiger partial charge < -0.3 is 15.2 Å². The summed E-state index contributed by atoms with van der Waals surface area (Å²) in [6.45, 7) is -0.565. The monoisotopic (exact) mass is 332 g/mol. The summed E-state index contributed by atoms with van der Waals surface area (Å²) >= 11 is 0. The van der Waals surface area contributed by atoms with Crippen molar-refractivity contribution in [1.82, 2.24) is 4.98 Å². The molecule has 0 aliphatic carbocycles. The molecule has 1 aromatic heterocycles. The quantitative estimate of drug-likeness (QED) is 0.676. The zero-order valence-electron chi connectivity index (χ0n) is 11.0. The van der Waals surface area contributed by atoms with Gasteiger partial charge in [-0.2, -0.15) is 13.2 Å². The second-order valence-corrected chi connectivity index (χ2v) is 3.96. The fourth-order valence-corrected chi connectivity index (χ4v) is 1.54. The first-order valence-electron chi connectivity index (χ1n) is 5.60. The summed E-state index contributed by atoms with van der Waals surface area (Å²) in [4.78, 5) is 13.9. The number of nitrogens with zero attached hydrogens (tertiary/aromatic N) is 1. The van der Waals surface area contributed by atoms with Crippen LogP contribution in [0.2, 0.25) is 0 Å². The molecule has 0 aliphatic rings. The molecular formula is C11H10F6N2O3. The molecular weight excluding hydrogens is 322 g/mol. The van der Waals surface area contributed by atoms with Crippen LogP contribution in [0.3, 0.4) is 0 Å². The molecule has 0 unspecified atom stereocenters. The maximum absolute atomic E-state index is 12.9. The molecule has 0 saturated carbocycles. The summed E-state index contributed by atoms with van der Waals surface area (Å²) in [5.74, 6) is -2.32. The van der Waals surface area contributed by atoms with Crippen molar-refractivity contribution in [3.8, 4) is 5.88 Å². The largest absolute Gasteiger partial charge is 0.574 e. The molecule has 11 heteroatoms. The van der Waals surface area contributed by atoms with Gasteiger partial charge in [0.05, 0.1) is 13.5 Å². The van der Waals surface area contributed by atoms with E-state index in [1.54, 1.807) is 0 Å². The SMILES string of the molecule is COC(=O)Cc1cc(CN)c(OC(F)(F)F)nc1C(F)(F)F. The molecule has 0 saturated heterocycles. The fourth-order valence-electron chi connectivity index (χ4n) is 1.54. The van der Waals surface area contributed by atoms with Gasteiger partial charge in [0.25, 0.3) is 0 Å². The first-order valence-corrected chi connectivity index (χ1v) is 5.60. The molecule has 5 nitrogen and oxygen atoms in total. The van der Waals surface area contributed by atoms with Gasteiger partial charge in [-0.1, -0.05) is 0 Å². The van der Waals surface area contributed by atoms with Gasteiger partial charge in [-0.05, 0) is 11.6 Å². The number of hydrogen-bond acceptors (Lipinski definition) is 5. The van der Waals surface area contributed by atoms with Crippen LogP contribution in [0.25, 0.3) is 0 Å². The van der Waals surface area contributed by atoms with Gasteiger partial charge in [0.15, 0.2) is 5.69 Å². The summed E-state index contributed by atoms with van der Waals surface area (Å²) in [6, 6.07) is 0.688. The van der Waals surface area contributed by atoms with Gasteiger partial charge >= 0.3 is 18.5 Å². The molecule has 0 fully saturated rings. The lowest BCUT2D eigenvalue weighted by atomic mass is 10.1.